The highest BCUT2D eigenvalue weighted by Gasteiger charge is 2.19. The number of hydrogen-bond donors (Lipinski definition) is 0. The smallest absolute Gasteiger partial charge is 0.306 e. The van der Waals surface area contributed by atoms with Gasteiger partial charge < -0.3 is 14.2 Å². The average molecular weight is 960 g/mol. The standard InChI is InChI=1S/C63H106O6/c1-4-7-10-13-16-19-22-25-28-30-31-33-35-38-41-44-47-50-53-56-62(65)68-59-60(58-67-61(64)55-52-49-46-43-40-37-34-27-24-21-18-15-12-9-6-3)69-63(66)57-54-51-48-45-42-39-36-32-29-26-23-20-17-14-11-8-5-2/h7,10,16-17,19-20,25-26,28-29,31,33,38,41,47,50,60H,4-6,8-9,11-15,18,21-24,27,30,32,34-37,39-40,42-46,48-49,51-59H2,1-3H3/b10-7+,19-16+,20-17+,28-25+,29-26+,33-31+,41-38+,50-47+/t60-/m1/s1. The van der Waals surface area contributed by atoms with Gasteiger partial charge in [0.1, 0.15) is 13.2 Å². The lowest BCUT2D eigenvalue weighted by Crippen LogP contribution is -2.30. The van der Waals surface area contributed by atoms with E-state index in [-0.39, 0.29) is 37.5 Å². The van der Waals surface area contributed by atoms with E-state index in [0.29, 0.717) is 19.3 Å². The predicted molar refractivity (Wildman–Crippen MR) is 297 cm³/mol. The summed E-state index contributed by atoms with van der Waals surface area (Å²) < 4.78 is 16.8. The van der Waals surface area contributed by atoms with Gasteiger partial charge in [-0.15, -0.1) is 0 Å². The van der Waals surface area contributed by atoms with Crippen molar-refractivity contribution in [2.75, 3.05) is 13.2 Å². The highest BCUT2D eigenvalue weighted by Crippen LogP contribution is 2.15. The molecule has 0 spiro atoms. The van der Waals surface area contributed by atoms with E-state index in [1.807, 2.05) is 6.08 Å². The third-order valence-corrected chi connectivity index (χ3v) is 12.1. The number of carbonyl (C=O) groups is 3. The Balaban J connectivity index is 4.51. The Bertz CT molecular complexity index is 1380. The van der Waals surface area contributed by atoms with E-state index in [0.717, 1.165) is 89.9 Å². The van der Waals surface area contributed by atoms with E-state index < -0.39 is 6.10 Å². The predicted octanol–water partition coefficient (Wildman–Crippen LogP) is 19.3. The summed E-state index contributed by atoms with van der Waals surface area (Å²) >= 11 is 0. The molecule has 0 rings (SSSR count). The van der Waals surface area contributed by atoms with Gasteiger partial charge in [0.2, 0.25) is 0 Å². The maximum absolute atomic E-state index is 12.9. The molecule has 6 nitrogen and oxygen atoms in total. The summed E-state index contributed by atoms with van der Waals surface area (Å²) in [7, 11) is 0. The Labute approximate surface area is 426 Å². The van der Waals surface area contributed by atoms with Crippen molar-refractivity contribution in [3.8, 4) is 0 Å². The van der Waals surface area contributed by atoms with Crippen LogP contribution in [0.25, 0.3) is 0 Å². The monoisotopic (exact) mass is 959 g/mol. The second kappa shape index (κ2) is 56.9. The summed E-state index contributed by atoms with van der Waals surface area (Å²) in [5, 5.41) is 0. The lowest BCUT2D eigenvalue weighted by Gasteiger charge is -2.18. The Hall–Kier alpha value is -3.67. The number of esters is 3. The second-order valence-corrected chi connectivity index (χ2v) is 18.8. The van der Waals surface area contributed by atoms with Gasteiger partial charge in [-0.2, -0.15) is 0 Å². The van der Waals surface area contributed by atoms with E-state index in [9.17, 15) is 14.4 Å². The molecular weight excluding hydrogens is 853 g/mol. The summed E-state index contributed by atoms with van der Waals surface area (Å²) in [6.45, 7) is 6.44. The van der Waals surface area contributed by atoms with Crippen molar-refractivity contribution in [1.82, 2.24) is 0 Å². The summed E-state index contributed by atoms with van der Waals surface area (Å²) in [4.78, 5) is 38.1. The van der Waals surface area contributed by atoms with Crippen LogP contribution in [0.2, 0.25) is 0 Å². The summed E-state index contributed by atoms with van der Waals surface area (Å²) in [6.07, 6.45) is 75.5. The largest absolute Gasteiger partial charge is 0.462 e. The van der Waals surface area contributed by atoms with Crippen LogP contribution in [0.5, 0.6) is 0 Å². The minimum absolute atomic E-state index is 0.102. The van der Waals surface area contributed by atoms with Gasteiger partial charge in [0.25, 0.3) is 0 Å². The topological polar surface area (TPSA) is 78.9 Å². The summed E-state index contributed by atoms with van der Waals surface area (Å²) in [5.74, 6) is -0.993. The molecule has 0 aliphatic rings. The van der Waals surface area contributed by atoms with Crippen molar-refractivity contribution in [3.05, 3.63) is 97.2 Å². The normalized spacial score (nSPS) is 12.8. The van der Waals surface area contributed by atoms with Gasteiger partial charge in [-0.3, -0.25) is 14.4 Å². The first-order valence-electron chi connectivity index (χ1n) is 28.7. The van der Waals surface area contributed by atoms with Crippen LogP contribution < -0.4 is 0 Å². The Morgan fingerprint density at radius 3 is 1.00 bits per heavy atom. The molecule has 0 N–H and O–H groups in total. The van der Waals surface area contributed by atoms with Gasteiger partial charge in [-0.25, -0.2) is 0 Å². The Morgan fingerprint density at radius 2 is 0.594 bits per heavy atom. The minimum Gasteiger partial charge on any atom is -0.462 e. The van der Waals surface area contributed by atoms with E-state index in [4.69, 9.17) is 14.2 Å². The van der Waals surface area contributed by atoms with Gasteiger partial charge in [0.15, 0.2) is 6.10 Å². The molecule has 6 heteroatoms. The van der Waals surface area contributed by atoms with Crippen molar-refractivity contribution in [1.29, 1.82) is 0 Å². The Morgan fingerprint density at radius 1 is 0.304 bits per heavy atom. The first kappa shape index (κ1) is 65.3. The molecule has 0 aromatic carbocycles. The van der Waals surface area contributed by atoms with Gasteiger partial charge >= 0.3 is 17.9 Å². The van der Waals surface area contributed by atoms with Crippen LogP contribution in [0.1, 0.15) is 265 Å². The zero-order valence-corrected chi connectivity index (χ0v) is 45.0. The molecule has 0 saturated carbocycles. The molecule has 0 aromatic rings. The fourth-order valence-electron chi connectivity index (χ4n) is 7.79. The van der Waals surface area contributed by atoms with E-state index >= 15 is 0 Å². The third kappa shape index (κ3) is 55.1. The molecule has 0 aliphatic carbocycles. The highest BCUT2D eigenvalue weighted by molar-refractivity contribution is 5.71. The highest BCUT2D eigenvalue weighted by atomic mass is 16.6. The lowest BCUT2D eigenvalue weighted by atomic mass is 10.0. The van der Waals surface area contributed by atoms with Crippen molar-refractivity contribution in [3.63, 3.8) is 0 Å². The number of ether oxygens (including phenoxy) is 3. The molecule has 394 valence electrons. The molecular formula is C63H106O6. The summed E-state index contributed by atoms with van der Waals surface area (Å²) in [5.41, 5.74) is 0. The molecule has 0 heterocycles. The first-order chi connectivity index (χ1) is 34.0. The lowest BCUT2D eigenvalue weighted by molar-refractivity contribution is -0.166. The molecule has 0 unspecified atom stereocenters. The minimum atomic E-state index is -0.812. The average Bonchev–Trinajstić information content (AvgIpc) is 3.35. The molecule has 0 aromatic heterocycles. The number of carbonyl (C=O) groups excluding carboxylic acids is 3. The van der Waals surface area contributed by atoms with Crippen LogP contribution in [0.4, 0.5) is 0 Å². The van der Waals surface area contributed by atoms with Crippen molar-refractivity contribution < 1.29 is 28.6 Å². The number of unbranched alkanes of at least 4 members (excludes halogenated alkanes) is 24. The third-order valence-electron chi connectivity index (χ3n) is 12.1. The second-order valence-electron chi connectivity index (χ2n) is 18.8. The summed E-state index contributed by atoms with van der Waals surface area (Å²) in [6, 6.07) is 0. The van der Waals surface area contributed by atoms with Crippen LogP contribution in [0.3, 0.4) is 0 Å². The molecule has 0 bridgehead atoms. The van der Waals surface area contributed by atoms with Crippen molar-refractivity contribution >= 4 is 17.9 Å². The molecule has 0 fully saturated rings. The van der Waals surface area contributed by atoms with Gasteiger partial charge in [-0.1, -0.05) is 253 Å². The van der Waals surface area contributed by atoms with Gasteiger partial charge in [0.05, 0.1) is 0 Å². The zero-order chi connectivity index (χ0) is 50.0. The van der Waals surface area contributed by atoms with Crippen LogP contribution in [0.15, 0.2) is 97.2 Å². The quantitative estimate of drug-likeness (QED) is 0.0262. The maximum atomic E-state index is 12.9. The molecule has 0 aliphatic heterocycles. The van der Waals surface area contributed by atoms with Gasteiger partial charge in [0, 0.05) is 19.3 Å². The van der Waals surface area contributed by atoms with Crippen molar-refractivity contribution in [2.45, 2.75) is 271 Å². The fourth-order valence-corrected chi connectivity index (χ4v) is 7.79. The molecule has 0 amide bonds. The molecule has 1 atom stereocenters. The number of allylic oxidation sites excluding steroid dienone is 16. The fraction of sp³-hybridized carbons (Fsp3) is 0.698. The van der Waals surface area contributed by atoms with Crippen LogP contribution >= 0.6 is 0 Å². The maximum Gasteiger partial charge on any atom is 0.306 e. The van der Waals surface area contributed by atoms with Crippen LogP contribution in [-0.2, 0) is 28.6 Å². The van der Waals surface area contributed by atoms with E-state index in [1.165, 1.54) is 128 Å². The zero-order valence-electron chi connectivity index (χ0n) is 45.0. The molecule has 0 saturated heterocycles. The van der Waals surface area contributed by atoms with Gasteiger partial charge in [-0.05, 0) is 89.9 Å². The van der Waals surface area contributed by atoms with E-state index in [2.05, 4.69) is 112 Å². The SMILES string of the molecule is CC/C=C/C/C=C/C/C=C/C/C=C/C/C=C/C/C=C/CCC(=O)OC[C@@H](COC(=O)CCCCCCCCCCCCCCCCC)OC(=O)CCCCCCCCC/C=C/C/C=C/CCCCC. The number of hydrogen-bond acceptors (Lipinski definition) is 6. The molecule has 69 heavy (non-hydrogen) atoms. The molecule has 0 radical (unpaired) electrons. The first-order valence-corrected chi connectivity index (χ1v) is 28.7. The van der Waals surface area contributed by atoms with Crippen LogP contribution in [0, 0.1) is 0 Å². The van der Waals surface area contributed by atoms with E-state index in [1.54, 1.807) is 0 Å². The number of rotatable bonds is 51. The van der Waals surface area contributed by atoms with Crippen molar-refractivity contribution in [2.24, 2.45) is 0 Å². The van der Waals surface area contributed by atoms with Crippen LogP contribution in [-0.4, -0.2) is 37.2 Å². The Kier molecular flexibility index (Phi) is 53.9.